The molecule has 2 aromatic heterocycles. The first-order valence-corrected chi connectivity index (χ1v) is 8.32. The Labute approximate surface area is 145 Å². The number of nitrogens with zero attached hydrogens (tertiary/aromatic N) is 3. The molecule has 1 amide bonds. The highest BCUT2D eigenvalue weighted by Gasteiger charge is 2.12. The number of nitrogens with one attached hydrogen (secondary N) is 2. The number of hydrogen-bond donors (Lipinski definition) is 2. The van der Waals surface area contributed by atoms with Crippen LogP contribution in [-0.4, -0.2) is 26.1 Å². The van der Waals surface area contributed by atoms with Gasteiger partial charge in [-0.2, -0.15) is 0 Å². The lowest BCUT2D eigenvalue weighted by molar-refractivity contribution is 0.102. The van der Waals surface area contributed by atoms with E-state index in [-0.39, 0.29) is 5.56 Å². The zero-order chi connectivity index (χ0) is 17.2. The van der Waals surface area contributed by atoms with E-state index in [1.54, 1.807) is 0 Å². The van der Waals surface area contributed by atoms with Crippen molar-refractivity contribution in [3.8, 4) is 0 Å². The molecule has 0 atom stereocenters. The maximum absolute atomic E-state index is 13.2. The first kappa shape index (κ1) is 15.4. The van der Waals surface area contributed by atoms with E-state index in [0.29, 0.717) is 16.6 Å². The van der Waals surface area contributed by atoms with Crippen molar-refractivity contribution in [2.45, 2.75) is 6.42 Å². The summed E-state index contributed by atoms with van der Waals surface area (Å²) >= 11 is 1.26. The molecule has 0 aliphatic heterocycles. The molecular formula is C17H12FN5OS. The van der Waals surface area contributed by atoms with E-state index >= 15 is 0 Å². The summed E-state index contributed by atoms with van der Waals surface area (Å²) < 4.78 is 13.2. The Hall–Kier alpha value is -3.13. The summed E-state index contributed by atoms with van der Waals surface area (Å²) in [6.07, 6.45) is 0.488. The van der Waals surface area contributed by atoms with Gasteiger partial charge < -0.3 is 4.98 Å². The largest absolute Gasteiger partial charge is 0.342 e. The molecule has 0 saturated carbocycles. The number of aromatic nitrogens is 4. The number of benzene rings is 2. The smallest absolute Gasteiger partial charge is 0.257 e. The second-order valence-corrected chi connectivity index (χ2v) is 6.40. The molecular weight excluding hydrogens is 341 g/mol. The van der Waals surface area contributed by atoms with Gasteiger partial charge in [-0.25, -0.2) is 9.37 Å². The van der Waals surface area contributed by atoms with E-state index in [1.807, 2.05) is 24.3 Å². The Bertz CT molecular complexity index is 1020. The molecule has 4 aromatic rings. The van der Waals surface area contributed by atoms with Crippen molar-refractivity contribution < 1.29 is 9.18 Å². The molecule has 0 unspecified atom stereocenters. The van der Waals surface area contributed by atoms with E-state index < -0.39 is 11.7 Å². The van der Waals surface area contributed by atoms with Crippen molar-refractivity contribution in [1.29, 1.82) is 0 Å². The Kier molecular flexibility index (Phi) is 3.95. The summed E-state index contributed by atoms with van der Waals surface area (Å²) in [4.78, 5) is 19.8. The van der Waals surface area contributed by atoms with Gasteiger partial charge in [0, 0.05) is 5.56 Å². The van der Waals surface area contributed by atoms with E-state index in [4.69, 9.17) is 0 Å². The molecule has 0 fully saturated rings. The molecule has 6 nitrogen and oxygen atoms in total. The van der Waals surface area contributed by atoms with Crippen LogP contribution in [0.25, 0.3) is 11.0 Å². The zero-order valence-electron chi connectivity index (χ0n) is 12.9. The van der Waals surface area contributed by atoms with Crippen molar-refractivity contribution >= 4 is 33.4 Å². The molecule has 8 heteroatoms. The number of anilines is 1. The molecule has 4 rings (SSSR count). The number of rotatable bonds is 4. The van der Waals surface area contributed by atoms with Crippen molar-refractivity contribution in [3.05, 3.63) is 70.7 Å². The van der Waals surface area contributed by atoms with Crippen molar-refractivity contribution in [2.75, 3.05) is 5.32 Å². The molecule has 2 N–H and O–H groups in total. The standard InChI is InChI=1S/C17H12FN5OS/c18-11-5-3-4-10(8-11)16(24)21-17-23-22-15(25-17)9-14-19-12-6-1-2-7-13(12)20-14/h1-8H,9H2,(H,19,20)(H,21,23,24). The van der Waals surface area contributed by atoms with E-state index in [2.05, 4.69) is 25.5 Å². The molecule has 2 aromatic carbocycles. The summed E-state index contributed by atoms with van der Waals surface area (Å²) in [5.74, 6) is -0.109. The highest BCUT2D eigenvalue weighted by Crippen LogP contribution is 2.20. The summed E-state index contributed by atoms with van der Waals surface area (Å²) in [7, 11) is 0. The number of para-hydroxylation sites is 2. The van der Waals surface area contributed by atoms with Gasteiger partial charge in [-0.05, 0) is 30.3 Å². The number of fused-ring (bicyclic) bond motifs is 1. The number of aromatic amines is 1. The second kappa shape index (κ2) is 6.40. The summed E-state index contributed by atoms with van der Waals surface area (Å²) in [6.45, 7) is 0. The lowest BCUT2D eigenvalue weighted by Crippen LogP contribution is -2.11. The number of carbonyl (C=O) groups is 1. The Morgan fingerprint density at radius 1 is 1.16 bits per heavy atom. The predicted octanol–water partition coefficient (Wildman–Crippen LogP) is 3.40. The molecule has 0 radical (unpaired) electrons. The topological polar surface area (TPSA) is 83.6 Å². The monoisotopic (exact) mass is 353 g/mol. The van der Waals surface area contributed by atoms with Crippen LogP contribution in [0.15, 0.2) is 48.5 Å². The van der Waals surface area contributed by atoms with E-state index in [1.165, 1.54) is 35.6 Å². The fraction of sp³-hybridized carbons (Fsp3) is 0.0588. The third-order valence-corrected chi connectivity index (χ3v) is 4.37. The van der Waals surface area contributed by atoms with Crippen LogP contribution in [0.3, 0.4) is 0 Å². The molecule has 0 aliphatic rings. The van der Waals surface area contributed by atoms with Crippen molar-refractivity contribution in [1.82, 2.24) is 20.2 Å². The number of imidazole rings is 1. The number of hydrogen-bond acceptors (Lipinski definition) is 5. The van der Waals surface area contributed by atoms with Crippen LogP contribution in [0.1, 0.15) is 21.2 Å². The third-order valence-electron chi connectivity index (χ3n) is 3.53. The van der Waals surface area contributed by atoms with Gasteiger partial charge >= 0.3 is 0 Å². The molecule has 0 spiro atoms. The second-order valence-electron chi connectivity index (χ2n) is 5.34. The Morgan fingerprint density at radius 2 is 2.04 bits per heavy atom. The minimum absolute atomic E-state index is 0.231. The van der Waals surface area contributed by atoms with Crippen molar-refractivity contribution in [3.63, 3.8) is 0 Å². The minimum Gasteiger partial charge on any atom is -0.342 e. The third kappa shape index (κ3) is 3.38. The van der Waals surface area contributed by atoms with Gasteiger partial charge in [-0.15, -0.1) is 10.2 Å². The number of H-pyrrole nitrogens is 1. The molecule has 0 saturated heterocycles. The fourth-order valence-corrected chi connectivity index (χ4v) is 3.15. The van der Waals surface area contributed by atoms with Gasteiger partial charge in [0.2, 0.25) is 5.13 Å². The molecule has 2 heterocycles. The average Bonchev–Trinajstić information content (AvgIpc) is 3.21. The van der Waals surface area contributed by atoms with Crippen molar-refractivity contribution in [2.24, 2.45) is 0 Å². The van der Waals surface area contributed by atoms with Crippen LogP contribution in [0.5, 0.6) is 0 Å². The van der Waals surface area contributed by atoms with E-state index in [0.717, 1.165) is 16.9 Å². The quantitative estimate of drug-likeness (QED) is 0.589. The van der Waals surface area contributed by atoms with Crippen LogP contribution in [0, 0.1) is 5.82 Å². The maximum Gasteiger partial charge on any atom is 0.257 e. The minimum atomic E-state index is -0.463. The fourth-order valence-electron chi connectivity index (χ4n) is 2.41. The lowest BCUT2D eigenvalue weighted by Gasteiger charge is -2.00. The summed E-state index contributed by atoms with van der Waals surface area (Å²) in [5, 5.41) is 11.7. The Balaban J connectivity index is 1.47. The van der Waals surface area contributed by atoms with Crippen LogP contribution in [0.4, 0.5) is 9.52 Å². The summed E-state index contributed by atoms with van der Waals surface area (Å²) in [6, 6.07) is 13.2. The van der Waals surface area contributed by atoms with Crippen LogP contribution in [0.2, 0.25) is 0 Å². The number of carbonyl (C=O) groups excluding carboxylic acids is 1. The van der Waals surface area contributed by atoms with Gasteiger partial charge in [0.1, 0.15) is 16.6 Å². The first-order valence-electron chi connectivity index (χ1n) is 7.50. The normalized spacial score (nSPS) is 10.9. The molecule has 0 aliphatic carbocycles. The van der Waals surface area contributed by atoms with Crippen LogP contribution < -0.4 is 5.32 Å². The highest BCUT2D eigenvalue weighted by atomic mass is 32.1. The van der Waals surface area contributed by atoms with Gasteiger partial charge in [-0.3, -0.25) is 10.1 Å². The van der Waals surface area contributed by atoms with Crippen LogP contribution >= 0.6 is 11.3 Å². The van der Waals surface area contributed by atoms with Gasteiger partial charge in [0.05, 0.1) is 17.5 Å². The first-order chi connectivity index (χ1) is 12.2. The lowest BCUT2D eigenvalue weighted by atomic mass is 10.2. The SMILES string of the molecule is O=C(Nc1nnc(Cc2nc3ccccc3[nH]2)s1)c1cccc(F)c1. The molecule has 124 valence electrons. The Morgan fingerprint density at radius 3 is 2.88 bits per heavy atom. The molecule has 25 heavy (non-hydrogen) atoms. The van der Waals surface area contributed by atoms with E-state index in [9.17, 15) is 9.18 Å². The van der Waals surface area contributed by atoms with Gasteiger partial charge in [-0.1, -0.05) is 29.5 Å². The number of halogens is 1. The van der Waals surface area contributed by atoms with Gasteiger partial charge in [0.25, 0.3) is 5.91 Å². The maximum atomic E-state index is 13.2. The summed E-state index contributed by atoms with van der Waals surface area (Å²) in [5.41, 5.74) is 2.08. The molecule has 0 bridgehead atoms. The predicted molar refractivity (Wildman–Crippen MR) is 93.2 cm³/mol. The average molecular weight is 353 g/mol. The number of amides is 1. The van der Waals surface area contributed by atoms with Crippen LogP contribution in [-0.2, 0) is 6.42 Å². The zero-order valence-corrected chi connectivity index (χ0v) is 13.7. The van der Waals surface area contributed by atoms with Gasteiger partial charge in [0.15, 0.2) is 0 Å². The highest BCUT2D eigenvalue weighted by molar-refractivity contribution is 7.15.